The summed E-state index contributed by atoms with van der Waals surface area (Å²) in [6.07, 6.45) is 0.0503. The van der Waals surface area contributed by atoms with Crippen molar-refractivity contribution in [2.24, 2.45) is 5.92 Å². The van der Waals surface area contributed by atoms with Gasteiger partial charge in [0.2, 0.25) is 11.8 Å². The number of aliphatic carboxylic acids is 1. The molecule has 0 fully saturated rings. The Morgan fingerprint density at radius 3 is 2.52 bits per heavy atom. The highest BCUT2D eigenvalue weighted by Crippen LogP contribution is 2.23. The van der Waals surface area contributed by atoms with E-state index < -0.39 is 5.97 Å². The van der Waals surface area contributed by atoms with Crippen LogP contribution in [0.4, 0.5) is 0 Å². The second-order valence-electron chi connectivity index (χ2n) is 5.85. The molecule has 1 atom stereocenters. The number of carbonyl (C=O) groups excluding carboxylic acids is 2. The highest BCUT2D eigenvalue weighted by molar-refractivity contribution is 7.10. The molecule has 2 amide bonds. The van der Waals surface area contributed by atoms with E-state index in [9.17, 15) is 14.4 Å². The van der Waals surface area contributed by atoms with Crippen molar-refractivity contribution in [3.8, 4) is 0 Å². The van der Waals surface area contributed by atoms with E-state index in [0.717, 1.165) is 4.88 Å². The van der Waals surface area contributed by atoms with Gasteiger partial charge in [0.15, 0.2) is 0 Å². The van der Waals surface area contributed by atoms with Gasteiger partial charge in [-0.2, -0.15) is 0 Å². The highest BCUT2D eigenvalue weighted by Gasteiger charge is 2.23. The number of hydrogen-bond donors (Lipinski definition) is 2. The Kier molecular flexibility index (Phi) is 7.74. The van der Waals surface area contributed by atoms with Crippen LogP contribution in [0.2, 0.25) is 0 Å². The average molecular weight is 340 g/mol. The summed E-state index contributed by atoms with van der Waals surface area (Å²) < 4.78 is 0. The largest absolute Gasteiger partial charge is 0.481 e. The monoisotopic (exact) mass is 340 g/mol. The second kappa shape index (κ2) is 9.29. The van der Waals surface area contributed by atoms with E-state index >= 15 is 0 Å². The molecule has 128 valence electrons. The van der Waals surface area contributed by atoms with Crippen LogP contribution in [-0.4, -0.2) is 40.9 Å². The standard InChI is InChI=1S/C16H24N2O4S/c1-11(2)10-18(7-6-16(21)22)15(20)9-13(17-12(3)19)14-5-4-8-23-14/h4-5,8,11,13H,6-7,9-10H2,1-3H3,(H,17,19)(H,21,22). The second-order valence-corrected chi connectivity index (χ2v) is 6.83. The third-order valence-electron chi connectivity index (χ3n) is 3.18. The van der Waals surface area contributed by atoms with Crippen LogP contribution in [0.5, 0.6) is 0 Å². The zero-order valence-electron chi connectivity index (χ0n) is 13.7. The third kappa shape index (κ3) is 7.27. The summed E-state index contributed by atoms with van der Waals surface area (Å²) in [6, 6.07) is 3.37. The predicted molar refractivity (Wildman–Crippen MR) is 89.2 cm³/mol. The molecular formula is C16H24N2O4S. The molecule has 1 aromatic rings. The average Bonchev–Trinajstić information content (AvgIpc) is 2.95. The van der Waals surface area contributed by atoms with Crippen LogP contribution >= 0.6 is 11.3 Å². The minimum absolute atomic E-state index is 0.0811. The SMILES string of the molecule is CC(=O)NC(CC(=O)N(CCC(=O)O)CC(C)C)c1cccs1. The molecule has 23 heavy (non-hydrogen) atoms. The van der Waals surface area contributed by atoms with Crippen LogP contribution < -0.4 is 5.32 Å². The molecular weight excluding hydrogens is 316 g/mol. The van der Waals surface area contributed by atoms with Crippen molar-refractivity contribution in [3.05, 3.63) is 22.4 Å². The van der Waals surface area contributed by atoms with Gasteiger partial charge in [-0.3, -0.25) is 14.4 Å². The molecule has 6 nitrogen and oxygen atoms in total. The highest BCUT2D eigenvalue weighted by atomic mass is 32.1. The van der Waals surface area contributed by atoms with E-state index in [1.807, 2.05) is 31.4 Å². The first-order chi connectivity index (χ1) is 10.8. The minimum atomic E-state index is -0.928. The van der Waals surface area contributed by atoms with Crippen molar-refractivity contribution in [2.45, 2.75) is 39.7 Å². The Hall–Kier alpha value is -1.89. The lowest BCUT2D eigenvalue weighted by atomic mass is 10.1. The zero-order chi connectivity index (χ0) is 17.4. The van der Waals surface area contributed by atoms with Crippen molar-refractivity contribution >= 4 is 29.1 Å². The summed E-state index contributed by atoms with van der Waals surface area (Å²) in [5.74, 6) is -1.03. The Morgan fingerprint density at radius 1 is 1.35 bits per heavy atom. The van der Waals surface area contributed by atoms with Gasteiger partial charge in [-0.25, -0.2) is 0 Å². The summed E-state index contributed by atoms with van der Waals surface area (Å²) >= 11 is 1.48. The predicted octanol–water partition coefficient (Wildman–Crippen LogP) is 2.27. The fourth-order valence-electron chi connectivity index (χ4n) is 2.25. The van der Waals surface area contributed by atoms with Crippen LogP contribution in [0.1, 0.15) is 44.5 Å². The Balaban J connectivity index is 2.79. The fraction of sp³-hybridized carbons (Fsp3) is 0.562. The topological polar surface area (TPSA) is 86.7 Å². The first-order valence-corrected chi connectivity index (χ1v) is 8.47. The van der Waals surface area contributed by atoms with E-state index in [1.54, 1.807) is 4.90 Å². The van der Waals surface area contributed by atoms with E-state index in [-0.39, 0.29) is 43.2 Å². The number of amides is 2. The lowest BCUT2D eigenvalue weighted by Crippen LogP contribution is -2.38. The smallest absolute Gasteiger partial charge is 0.305 e. The molecule has 1 rings (SSSR count). The van der Waals surface area contributed by atoms with Gasteiger partial charge in [0.05, 0.1) is 18.9 Å². The maximum Gasteiger partial charge on any atom is 0.305 e. The van der Waals surface area contributed by atoms with Crippen LogP contribution in [-0.2, 0) is 14.4 Å². The van der Waals surface area contributed by atoms with Crippen molar-refractivity contribution in [1.82, 2.24) is 10.2 Å². The minimum Gasteiger partial charge on any atom is -0.481 e. The van der Waals surface area contributed by atoms with Crippen LogP contribution in [0.3, 0.4) is 0 Å². The Labute approximate surface area is 140 Å². The first kappa shape index (κ1) is 19.2. The lowest BCUT2D eigenvalue weighted by molar-refractivity contribution is -0.138. The first-order valence-electron chi connectivity index (χ1n) is 7.59. The van der Waals surface area contributed by atoms with Gasteiger partial charge in [-0.05, 0) is 17.4 Å². The fourth-order valence-corrected chi connectivity index (χ4v) is 3.03. The summed E-state index contributed by atoms with van der Waals surface area (Å²) in [7, 11) is 0. The third-order valence-corrected chi connectivity index (χ3v) is 4.16. The van der Waals surface area contributed by atoms with Gasteiger partial charge in [0.1, 0.15) is 0 Å². The number of thiophene rings is 1. The molecule has 0 aliphatic carbocycles. The molecule has 0 radical (unpaired) electrons. The number of nitrogens with zero attached hydrogens (tertiary/aromatic N) is 1. The number of carboxylic acid groups (broad SMARTS) is 1. The number of hydrogen-bond acceptors (Lipinski definition) is 4. The molecule has 0 saturated heterocycles. The summed E-state index contributed by atoms with van der Waals surface area (Å²) in [4.78, 5) is 37.2. The molecule has 0 aliphatic rings. The van der Waals surface area contributed by atoms with Crippen LogP contribution in [0, 0.1) is 5.92 Å². The molecule has 1 aromatic heterocycles. The normalized spacial score (nSPS) is 12.0. The quantitative estimate of drug-likeness (QED) is 0.722. The summed E-state index contributed by atoms with van der Waals surface area (Å²) in [5, 5.41) is 13.5. The summed E-state index contributed by atoms with van der Waals surface area (Å²) in [6.45, 7) is 6.06. The molecule has 0 spiro atoms. The van der Waals surface area contributed by atoms with Gasteiger partial charge < -0.3 is 15.3 Å². The molecule has 0 bridgehead atoms. The van der Waals surface area contributed by atoms with E-state index in [0.29, 0.717) is 6.54 Å². The van der Waals surface area contributed by atoms with E-state index in [2.05, 4.69) is 5.32 Å². The van der Waals surface area contributed by atoms with Gasteiger partial charge in [0, 0.05) is 24.9 Å². The summed E-state index contributed by atoms with van der Waals surface area (Å²) in [5.41, 5.74) is 0. The molecule has 2 N–H and O–H groups in total. The van der Waals surface area contributed by atoms with Gasteiger partial charge in [-0.15, -0.1) is 11.3 Å². The van der Waals surface area contributed by atoms with Gasteiger partial charge >= 0.3 is 5.97 Å². The molecule has 0 saturated carbocycles. The number of nitrogens with one attached hydrogen (secondary N) is 1. The van der Waals surface area contributed by atoms with Crippen LogP contribution in [0.25, 0.3) is 0 Å². The zero-order valence-corrected chi connectivity index (χ0v) is 14.6. The molecule has 0 aromatic carbocycles. The van der Waals surface area contributed by atoms with Crippen LogP contribution in [0.15, 0.2) is 17.5 Å². The maximum absolute atomic E-state index is 12.6. The molecule has 1 heterocycles. The van der Waals surface area contributed by atoms with Crippen molar-refractivity contribution < 1.29 is 19.5 Å². The number of rotatable bonds is 9. The van der Waals surface area contributed by atoms with Gasteiger partial charge in [-0.1, -0.05) is 19.9 Å². The van der Waals surface area contributed by atoms with Crippen molar-refractivity contribution in [2.75, 3.05) is 13.1 Å². The molecule has 0 aliphatic heterocycles. The lowest BCUT2D eigenvalue weighted by Gasteiger charge is -2.26. The molecule has 7 heteroatoms. The van der Waals surface area contributed by atoms with Gasteiger partial charge in [0.25, 0.3) is 0 Å². The molecule has 1 unspecified atom stereocenters. The number of carbonyl (C=O) groups is 3. The van der Waals surface area contributed by atoms with Crippen molar-refractivity contribution in [3.63, 3.8) is 0 Å². The van der Waals surface area contributed by atoms with Crippen molar-refractivity contribution in [1.29, 1.82) is 0 Å². The Bertz CT molecular complexity index is 528. The number of carboxylic acids is 1. The maximum atomic E-state index is 12.6. The van der Waals surface area contributed by atoms with E-state index in [1.165, 1.54) is 18.3 Å². The van der Waals surface area contributed by atoms with E-state index in [4.69, 9.17) is 5.11 Å². The Morgan fingerprint density at radius 2 is 2.04 bits per heavy atom.